The third-order valence-electron chi connectivity index (χ3n) is 2.67. The van der Waals surface area contributed by atoms with Gasteiger partial charge >= 0.3 is 0 Å². The molecule has 0 bridgehead atoms. The molecular formula is C13H17BrN2O2S. The van der Waals surface area contributed by atoms with Gasteiger partial charge in [-0.05, 0) is 34.5 Å². The van der Waals surface area contributed by atoms with E-state index in [1.165, 1.54) is 0 Å². The molecule has 4 nitrogen and oxygen atoms in total. The van der Waals surface area contributed by atoms with Crippen LogP contribution in [0.3, 0.4) is 0 Å². The molecule has 0 aliphatic rings. The Morgan fingerprint density at radius 3 is 2.79 bits per heavy atom. The van der Waals surface area contributed by atoms with E-state index in [9.17, 15) is 4.79 Å². The van der Waals surface area contributed by atoms with Crippen molar-refractivity contribution in [3.63, 3.8) is 0 Å². The summed E-state index contributed by atoms with van der Waals surface area (Å²) in [7, 11) is 1.57. The van der Waals surface area contributed by atoms with Crippen LogP contribution in [0.25, 0.3) is 0 Å². The van der Waals surface area contributed by atoms with E-state index in [0.717, 1.165) is 10.9 Å². The van der Waals surface area contributed by atoms with Gasteiger partial charge in [0, 0.05) is 10.5 Å². The van der Waals surface area contributed by atoms with Crippen molar-refractivity contribution in [2.45, 2.75) is 19.8 Å². The van der Waals surface area contributed by atoms with Crippen LogP contribution in [0.5, 0.6) is 5.75 Å². The smallest absolute Gasteiger partial charge is 0.234 e. The van der Waals surface area contributed by atoms with Gasteiger partial charge in [0.15, 0.2) is 0 Å². The fourth-order valence-corrected chi connectivity index (χ4v) is 2.21. The SMILES string of the molecule is CCCC(C(=O)Nc1cc(OC)ccc1Br)C(N)=S. The number of nitrogens with one attached hydrogen (secondary N) is 1. The van der Waals surface area contributed by atoms with E-state index in [1.807, 2.05) is 13.0 Å². The second-order valence-electron chi connectivity index (χ2n) is 4.08. The number of halogens is 1. The number of rotatable bonds is 6. The molecule has 1 aromatic rings. The Kier molecular flexibility index (Phi) is 6.24. The minimum atomic E-state index is -0.446. The molecule has 6 heteroatoms. The van der Waals surface area contributed by atoms with Gasteiger partial charge in [0.05, 0.1) is 23.7 Å². The largest absolute Gasteiger partial charge is 0.497 e. The maximum absolute atomic E-state index is 12.2. The normalized spacial score (nSPS) is 11.7. The molecule has 0 aliphatic carbocycles. The van der Waals surface area contributed by atoms with Gasteiger partial charge in [-0.25, -0.2) is 0 Å². The van der Waals surface area contributed by atoms with Crippen LogP contribution in [0.4, 0.5) is 5.69 Å². The van der Waals surface area contributed by atoms with Crippen LogP contribution in [0, 0.1) is 5.92 Å². The molecule has 0 heterocycles. The minimum Gasteiger partial charge on any atom is -0.497 e. The molecule has 1 amide bonds. The molecule has 0 saturated heterocycles. The Morgan fingerprint density at radius 2 is 2.26 bits per heavy atom. The Hall–Kier alpha value is -1.14. The van der Waals surface area contributed by atoms with Crippen molar-refractivity contribution in [2.24, 2.45) is 11.7 Å². The van der Waals surface area contributed by atoms with Crippen molar-refractivity contribution in [1.29, 1.82) is 0 Å². The zero-order valence-electron chi connectivity index (χ0n) is 10.9. The fourth-order valence-electron chi connectivity index (χ4n) is 1.64. The van der Waals surface area contributed by atoms with E-state index in [0.29, 0.717) is 17.9 Å². The summed E-state index contributed by atoms with van der Waals surface area (Å²) in [4.78, 5) is 12.4. The first kappa shape index (κ1) is 15.9. The highest BCUT2D eigenvalue weighted by molar-refractivity contribution is 9.10. The third kappa shape index (κ3) is 4.47. The van der Waals surface area contributed by atoms with Gasteiger partial charge in [-0.15, -0.1) is 0 Å². The third-order valence-corrected chi connectivity index (χ3v) is 3.64. The molecule has 1 aromatic carbocycles. The first-order chi connectivity index (χ1) is 8.99. The molecule has 1 rings (SSSR count). The lowest BCUT2D eigenvalue weighted by Crippen LogP contribution is -2.33. The fraction of sp³-hybridized carbons (Fsp3) is 0.385. The number of carbonyl (C=O) groups excluding carboxylic acids is 1. The van der Waals surface area contributed by atoms with Crippen molar-refractivity contribution in [3.8, 4) is 5.75 Å². The van der Waals surface area contributed by atoms with Gasteiger partial charge in [-0.1, -0.05) is 25.6 Å². The van der Waals surface area contributed by atoms with Gasteiger partial charge in [0.25, 0.3) is 0 Å². The monoisotopic (exact) mass is 344 g/mol. The van der Waals surface area contributed by atoms with E-state index in [-0.39, 0.29) is 10.9 Å². The van der Waals surface area contributed by atoms with Gasteiger partial charge in [-0.3, -0.25) is 4.79 Å². The van der Waals surface area contributed by atoms with Gasteiger partial charge in [0.2, 0.25) is 5.91 Å². The summed E-state index contributed by atoms with van der Waals surface area (Å²) in [6.45, 7) is 1.99. The maximum Gasteiger partial charge on any atom is 0.234 e. The summed E-state index contributed by atoms with van der Waals surface area (Å²) in [5.41, 5.74) is 6.25. The average Bonchev–Trinajstić information content (AvgIpc) is 2.38. The Balaban J connectivity index is 2.88. The molecule has 0 fully saturated rings. The van der Waals surface area contributed by atoms with Crippen LogP contribution < -0.4 is 15.8 Å². The molecule has 1 atom stereocenters. The Bertz CT molecular complexity index is 480. The van der Waals surface area contributed by atoms with Gasteiger partial charge in [0.1, 0.15) is 5.75 Å². The zero-order chi connectivity index (χ0) is 14.4. The van der Waals surface area contributed by atoms with E-state index in [4.69, 9.17) is 22.7 Å². The standard InChI is InChI=1S/C13H17BrN2O2S/c1-3-4-9(12(15)19)13(17)16-11-7-8(18-2)5-6-10(11)14/h5-7,9H,3-4H2,1-2H3,(H2,15,19)(H,16,17). The number of carbonyl (C=O) groups is 1. The number of amides is 1. The highest BCUT2D eigenvalue weighted by Crippen LogP contribution is 2.27. The molecule has 3 N–H and O–H groups in total. The van der Waals surface area contributed by atoms with Crippen LogP contribution in [-0.4, -0.2) is 18.0 Å². The number of thiocarbonyl (C=S) groups is 1. The molecule has 0 aromatic heterocycles. The first-order valence-electron chi connectivity index (χ1n) is 5.93. The summed E-state index contributed by atoms with van der Waals surface area (Å²) in [6.07, 6.45) is 1.48. The van der Waals surface area contributed by atoms with Crippen molar-refractivity contribution in [1.82, 2.24) is 0 Å². The molecule has 19 heavy (non-hydrogen) atoms. The van der Waals surface area contributed by atoms with Crippen LogP contribution in [-0.2, 0) is 4.79 Å². The topological polar surface area (TPSA) is 64.3 Å². The van der Waals surface area contributed by atoms with Crippen LogP contribution in [0.1, 0.15) is 19.8 Å². The van der Waals surface area contributed by atoms with E-state index >= 15 is 0 Å². The lowest BCUT2D eigenvalue weighted by molar-refractivity contribution is -0.118. The summed E-state index contributed by atoms with van der Waals surface area (Å²) in [5.74, 6) is 0.0299. The predicted octanol–water partition coefficient (Wildman–Crippen LogP) is 3.10. The lowest BCUT2D eigenvalue weighted by atomic mass is 10.0. The average molecular weight is 345 g/mol. The minimum absolute atomic E-state index is 0.191. The number of nitrogens with two attached hydrogens (primary N) is 1. The van der Waals surface area contributed by atoms with Crippen molar-refractivity contribution in [3.05, 3.63) is 22.7 Å². The summed E-state index contributed by atoms with van der Waals surface area (Å²) in [5, 5.41) is 2.82. The first-order valence-corrected chi connectivity index (χ1v) is 7.13. The number of ether oxygens (including phenoxy) is 1. The molecule has 1 unspecified atom stereocenters. The van der Waals surface area contributed by atoms with E-state index in [2.05, 4.69) is 21.2 Å². The quantitative estimate of drug-likeness (QED) is 0.778. The molecule has 0 aliphatic heterocycles. The molecule has 0 saturated carbocycles. The summed E-state index contributed by atoms with van der Waals surface area (Å²) in [6, 6.07) is 5.35. The number of anilines is 1. The van der Waals surface area contributed by atoms with Crippen LogP contribution >= 0.6 is 28.1 Å². The van der Waals surface area contributed by atoms with Crippen molar-refractivity contribution in [2.75, 3.05) is 12.4 Å². The second-order valence-corrected chi connectivity index (χ2v) is 5.40. The highest BCUT2D eigenvalue weighted by atomic mass is 79.9. The molecule has 0 spiro atoms. The van der Waals surface area contributed by atoms with Gasteiger partial charge in [-0.2, -0.15) is 0 Å². The van der Waals surface area contributed by atoms with Crippen LogP contribution in [0.15, 0.2) is 22.7 Å². The zero-order valence-corrected chi connectivity index (χ0v) is 13.3. The van der Waals surface area contributed by atoms with Gasteiger partial charge < -0.3 is 15.8 Å². The Morgan fingerprint density at radius 1 is 1.58 bits per heavy atom. The number of methoxy groups -OCH3 is 1. The number of hydrogen-bond acceptors (Lipinski definition) is 3. The molecular weight excluding hydrogens is 328 g/mol. The van der Waals surface area contributed by atoms with E-state index in [1.54, 1.807) is 19.2 Å². The van der Waals surface area contributed by atoms with Crippen molar-refractivity contribution < 1.29 is 9.53 Å². The lowest BCUT2D eigenvalue weighted by Gasteiger charge is -2.16. The Labute approximate surface area is 126 Å². The molecule has 0 radical (unpaired) electrons. The predicted molar refractivity (Wildman–Crippen MR) is 84.5 cm³/mol. The second kappa shape index (κ2) is 7.45. The maximum atomic E-state index is 12.2. The van der Waals surface area contributed by atoms with Crippen LogP contribution in [0.2, 0.25) is 0 Å². The highest BCUT2D eigenvalue weighted by Gasteiger charge is 2.21. The van der Waals surface area contributed by atoms with E-state index < -0.39 is 5.92 Å². The number of benzene rings is 1. The summed E-state index contributed by atoms with van der Waals surface area (Å²) >= 11 is 8.32. The molecule has 104 valence electrons. The van der Waals surface area contributed by atoms with Crippen molar-refractivity contribution >= 4 is 44.7 Å². The summed E-state index contributed by atoms with van der Waals surface area (Å²) < 4.78 is 5.90. The number of hydrogen-bond donors (Lipinski definition) is 2.